The number of phosphoric acid groups is 1. The van der Waals surface area contributed by atoms with Crippen molar-refractivity contribution < 1.29 is 32.9 Å². The minimum atomic E-state index is -4.57. The number of carbonyl (C=O) groups excluding carboxylic acids is 1. The van der Waals surface area contributed by atoms with Crippen LogP contribution in [-0.2, 0) is 18.4 Å². The second-order valence-electron chi connectivity index (χ2n) is 21.0. The standard InChI is InChI=1S/C56H113N2O6P/c1-6-8-10-12-14-16-18-19-20-21-22-23-24-25-26-27-28-29-30-31-32-33-34-35-36-37-38-40-41-43-45-47-49-55(59)54(53-64-65(61,62)63-52-51-58(3,4)5)57-56(60)50-48-46-44-42-39-17-15-13-11-9-7-2/h13,15,54-55,59H,6-12,14,16-53H2,1-5H3,(H-,57,60,61,62)/b15-13-. The number of unbranched alkanes of at least 4 members (excludes halogenated alkanes) is 38. The van der Waals surface area contributed by atoms with Gasteiger partial charge in [0.25, 0.3) is 7.82 Å². The number of rotatable bonds is 53. The number of hydrogen-bond acceptors (Lipinski definition) is 6. The Morgan fingerprint density at radius 1 is 0.523 bits per heavy atom. The molecule has 3 unspecified atom stereocenters. The molecule has 1 amide bonds. The first kappa shape index (κ1) is 64.2. The molecule has 0 saturated heterocycles. The van der Waals surface area contributed by atoms with Crippen molar-refractivity contribution in [2.45, 2.75) is 302 Å². The van der Waals surface area contributed by atoms with Gasteiger partial charge in [-0.2, -0.15) is 0 Å². The molecule has 0 fully saturated rings. The molecule has 0 aliphatic rings. The Balaban J connectivity index is 3.94. The van der Waals surface area contributed by atoms with E-state index in [0.29, 0.717) is 23.9 Å². The first-order chi connectivity index (χ1) is 31.5. The summed E-state index contributed by atoms with van der Waals surface area (Å²) in [5, 5.41) is 14.0. The largest absolute Gasteiger partial charge is 0.756 e. The van der Waals surface area contributed by atoms with Crippen molar-refractivity contribution in [3.8, 4) is 0 Å². The maximum Gasteiger partial charge on any atom is 0.268 e. The van der Waals surface area contributed by atoms with E-state index < -0.39 is 20.0 Å². The Kier molecular flexibility index (Phi) is 47.7. The summed E-state index contributed by atoms with van der Waals surface area (Å²) >= 11 is 0. The first-order valence-electron chi connectivity index (χ1n) is 28.5. The van der Waals surface area contributed by atoms with Gasteiger partial charge in [0.05, 0.1) is 39.9 Å². The number of phosphoric ester groups is 1. The van der Waals surface area contributed by atoms with Crippen LogP contribution >= 0.6 is 7.82 Å². The molecule has 0 aromatic carbocycles. The van der Waals surface area contributed by atoms with E-state index >= 15 is 0 Å². The first-order valence-corrected chi connectivity index (χ1v) is 30.0. The van der Waals surface area contributed by atoms with E-state index in [1.165, 1.54) is 212 Å². The van der Waals surface area contributed by atoms with Crippen LogP contribution in [0, 0.1) is 0 Å². The number of nitrogens with one attached hydrogen (secondary N) is 1. The van der Waals surface area contributed by atoms with E-state index in [9.17, 15) is 19.4 Å². The van der Waals surface area contributed by atoms with Crippen LogP contribution < -0.4 is 10.2 Å². The van der Waals surface area contributed by atoms with Gasteiger partial charge in [0, 0.05) is 6.42 Å². The maximum atomic E-state index is 12.9. The molecule has 0 radical (unpaired) electrons. The second kappa shape index (κ2) is 48.3. The summed E-state index contributed by atoms with van der Waals surface area (Å²) in [6.45, 7) is 4.70. The van der Waals surface area contributed by atoms with Crippen LogP contribution in [0.4, 0.5) is 0 Å². The summed E-state index contributed by atoms with van der Waals surface area (Å²) in [7, 11) is 1.31. The highest BCUT2D eigenvalue weighted by Crippen LogP contribution is 2.38. The van der Waals surface area contributed by atoms with Crippen molar-refractivity contribution in [1.82, 2.24) is 5.32 Å². The Labute approximate surface area is 405 Å². The summed E-state index contributed by atoms with van der Waals surface area (Å²) < 4.78 is 23.3. The van der Waals surface area contributed by atoms with Crippen molar-refractivity contribution in [3.05, 3.63) is 12.2 Å². The van der Waals surface area contributed by atoms with Crippen LogP contribution in [0.3, 0.4) is 0 Å². The van der Waals surface area contributed by atoms with Gasteiger partial charge in [0.2, 0.25) is 5.91 Å². The van der Waals surface area contributed by atoms with Gasteiger partial charge in [-0.05, 0) is 32.1 Å². The Bertz CT molecular complexity index is 1070. The molecule has 3 atom stereocenters. The van der Waals surface area contributed by atoms with Gasteiger partial charge in [-0.1, -0.05) is 264 Å². The average molecular weight is 942 g/mol. The molecule has 65 heavy (non-hydrogen) atoms. The van der Waals surface area contributed by atoms with Crippen LogP contribution in [0.1, 0.15) is 290 Å². The molecule has 0 aromatic rings. The number of aliphatic hydroxyl groups excluding tert-OH is 1. The lowest BCUT2D eigenvalue weighted by molar-refractivity contribution is -0.870. The predicted molar refractivity (Wildman–Crippen MR) is 279 cm³/mol. The van der Waals surface area contributed by atoms with Crippen molar-refractivity contribution in [2.75, 3.05) is 40.9 Å². The van der Waals surface area contributed by atoms with Crippen LogP contribution in [0.25, 0.3) is 0 Å². The molecule has 0 saturated carbocycles. The molecule has 0 heterocycles. The van der Waals surface area contributed by atoms with E-state index in [4.69, 9.17) is 9.05 Å². The lowest BCUT2D eigenvalue weighted by Crippen LogP contribution is -2.46. The topological polar surface area (TPSA) is 108 Å². The number of hydrogen-bond donors (Lipinski definition) is 2. The minimum absolute atomic E-state index is 0.0126. The summed E-state index contributed by atoms with van der Waals surface area (Å²) in [5.74, 6) is -0.172. The zero-order valence-corrected chi connectivity index (χ0v) is 45.1. The number of likely N-dealkylation sites (N-methyl/N-ethyl adjacent to an activating group) is 1. The molecule has 0 aliphatic heterocycles. The molecule has 9 heteroatoms. The van der Waals surface area contributed by atoms with Gasteiger partial charge in [-0.3, -0.25) is 9.36 Å². The number of quaternary nitrogens is 1. The third-order valence-corrected chi connectivity index (χ3v) is 14.2. The number of allylic oxidation sites excluding steroid dienone is 2. The molecule has 2 N–H and O–H groups in total. The van der Waals surface area contributed by atoms with E-state index in [1.807, 2.05) is 21.1 Å². The number of aliphatic hydroxyl groups is 1. The molecular formula is C56H113N2O6P. The number of carbonyl (C=O) groups is 1. The zero-order valence-electron chi connectivity index (χ0n) is 44.2. The molecule has 388 valence electrons. The maximum absolute atomic E-state index is 12.9. The highest BCUT2D eigenvalue weighted by atomic mass is 31.2. The van der Waals surface area contributed by atoms with Gasteiger partial charge < -0.3 is 28.8 Å². The molecule has 8 nitrogen and oxygen atoms in total. The van der Waals surface area contributed by atoms with Crippen molar-refractivity contribution >= 4 is 13.7 Å². The van der Waals surface area contributed by atoms with Crippen LogP contribution in [0.2, 0.25) is 0 Å². The summed E-state index contributed by atoms with van der Waals surface area (Å²) in [5.41, 5.74) is 0. The molecule has 0 bridgehead atoms. The normalized spacial score (nSPS) is 14.0. The number of nitrogens with zero attached hydrogens (tertiary/aromatic N) is 1. The van der Waals surface area contributed by atoms with Gasteiger partial charge in [-0.15, -0.1) is 0 Å². The molecule has 0 spiro atoms. The Hall–Kier alpha value is -0.760. The fraction of sp³-hybridized carbons (Fsp3) is 0.946. The third kappa shape index (κ3) is 50.9. The van der Waals surface area contributed by atoms with Crippen LogP contribution in [0.5, 0.6) is 0 Å². The van der Waals surface area contributed by atoms with Crippen molar-refractivity contribution in [3.63, 3.8) is 0 Å². The highest BCUT2D eigenvalue weighted by Gasteiger charge is 2.24. The summed E-state index contributed by atoms with van der Waals surface area (Å²) in [6.07, 6.45) is 58.4. The van der Waals surface area contributed by atoms with E-state index in [2.05, 4.69) is 31.3 Å². The SMILES string of the molecule is CCCC/C=C\CCCCCCCC(=O)NC(COP(=O)([O-])OCC[N+](C)(C)C)C(O)CCCCCCCCCCCCCCCCCCCCCCCCCCCCCCCCCC. The monoisotopic (exact) mass is 941 g/mol. The van der Waals surface area contributed by atoms with E-state index in [-0.39, 0.29) is 19.1 Å². The van der Waals surface area contributed by atoms with E-state index in [1.54, 1.807) is 0 Å². The van der Waals surface area contributed by atoms with E-state index in [0.717, 1.165) is 51.4 Å². The van der Waals surface area contributed by atoms with Gasteiger partial charge >= 0.3 is 0 Å². The molecule has 0 rings (SSSR count). The van der Waals surface area contributed by atoms with Gasteiger partial charge in [-0.25, -0.2) is 0 Å². The van der Waals surface area contributed by atoms with Gasteiger partial charge in [0.1, 0.15) is 13.2 Å². The summed E-state index contributed by atoms with van der Waals surface area (Å²) in [6, 6.07) is -0.801. The quantitative estimate of drug-likeness (QED) is 0.0272. The Morgan fingerprint density at radius 3 is 1.25 bits per heavy atom. The van der Waals surface area contributed by atoms with Gasteiger partial charge in [0.15, 0.2) is 0 Å². The Morgan fingerprint density at radius 2 is 0.862 bits per heavy atom. The summed E-state index contributed by atoms with van der Waals surface area (Å²) in [4.78, 5) is 25.4. The minimum Gasteiger partial charge on any atom is -0.756 e. The number of amides is 1. The smallest absolute Gasteiger partial charge is 0.268 e. The second-order valence-corrected chi connectivity index (χ2v) is 22.4. The molecule has 0 aromatic heterocycles. The van der Waals surface area contributed by atoms with Crippen molar-refractivity contribution in [2.24, 2.45) is 0 Å². The fourth-order valence-electron chi connectivity index (χ4n) is 8.73. The third-order valence-electron chi connectivity index (χ3n) is 13.3. The molecule has 0 aliphatic carbocycles. The van der Waals surface area contributed by atoms with Crippen LogP contribution in [0.15, 0.2) is 12.2 Å². The average Bonchev–Trinajstić information content (AvgIpc) is 3.26. The highest BCUT2D eigenvalue weighted by molar-refractivity contribution is 7.45. The lowest BCUT2D eigenvalue weighted by atomic mass is 10.0. The predicted octanol–water partition coefficient (Wildman–Crippen LogP) is 16.4. The van der Waals surface area contributed by atoms with Crippen LogP contribution in [-0.4, -0.2) is 68.5 Å². The van der Waals surface area contributed by atoms with Crippen molar-refractivity contribution in [1.29, 1.82) is 0 Å². The fourth-order valence-corrected chi connectivity index (χ4v) is 9.45. The lowest BCUT2D eigenvalue weighted by Gasteiger charge is -2.30. The zero-order chi connectivity index (χ0) is 47.8. The molecular weight excluding hydrogens is 828 g/mol.